The standard InChI is InChI=1S/C10H16O2/c1-2-7-8-5-3-4-6-9(8)12-10(7)11/h7-9H,2-6H2,1H3. The minimum atomic E-state index is 0.0643. The molecule has 0 radical (unpaired) electrons. The molecular weight excluding hydrogens is 152 g/mol. The monoisotopic (exact) mass is 168 g/mol. The predicted molar refractivity (Wildman–Crippen MR) is 45.6 cm³/mol. The van der Waals surface area contributed by atoms with Crippen LogP contribution in [-0.4, -0.2) is 12.1 Å². The van der Waals surface area contributed by atoms with E-state index in [2.05, 4.69) is 6.92 Å². The molecule has 3 atom stereocenters. The Kier molecular flexibility index (Phi) is 2.07. The molecular formula is C10H16O2. The van der Waals surface area contributed by atoms with Crippen LogP contribution in [0.3, 0.4) is 0 Å². The highest BCUT2D eigenvalue weighted by Crippen LogP contribution is 2.39. The van der Waals surface area contributed by atoms with Gasteiger partial charge >= 0.3 is 5.97 Å². The van der Waals surface area contributed by atoms with Gasteiger partial charge in [0, 0.05) is 5.92 Å². The van der Waals surface area contributed by atoms with Crippen LogP contribution in [0, 0.1) is 11.8 Å². The summed E-state index contributed by atoms with van der Waals surface area (Å²) < 4.78 is 5.33. The minimum Gasteiger partial charge on any atom is -0.462 e. The van der Waals surface area contributed by atoms with Crippen molar-refractivity contribution in [1.29, 1.82) is 0 Å². The largest absolute Gasteiger partial charge is 0.462 e. The van der Waals surface area contributed by atoms with Gasteiger partial charge in [-0.05, 0) is 25.7 Å². The van der Waals surface area contributed by atoms with Gasteiger partial charge in [-0.2, -0.15) is 0 Å². The van der Waals surface area contributed by atoms with Crippen LogP contribution in [0.4, 0.5) is 0 Å². The molecule has 3 unspecified atom stereocenters. The van der Waals surface area contributed by atoms with Gasteiger partial charge in [-0.25, -0.2) is 0 Å². The Morgan fingerprint density at radius 3 is 2.92 bits per heavy atom. The quantitative estimate of drug-likeness (QED) is 0.561. The van der Waals surface area contributed by atoms with Crippen molar-refractivity contribution in [2.75, 3.05) is 0 Å². The summed E-state index contributed by atoms with van der Waals surface area (Å²) in [6.45, 7) is 2.09. The van der Waals surface area contributed by atoms with Gasteiger partial charge in [-0.15, -0.1) is 0 Å². The summed E-state index contributed by atoms with van der Waals surface area (Å²) in [6.07, 6.45) is 6.07. The number of fused-ring (bicyclic) bond motifs is 1. The summed E-state index contributed by atoms with van der Waals surface area (Å²) in [5.41, 5.74) is 0. The average Bonchev–Trinajstić information content (AvgIpc) is 2.40. The van der Waals surface area contributed by atoms with Gasteiger partial charge in [0.15, 0.2) is 0 Å². The molecule has 0 aromatic heterocycles. The molecule has 0 aromatic carbocycles. The highest BCUT2D eigenvalue weighted by atomic mass is 16.6. The minimum absolute atomic E-state index is 0.0643. The fourth-order valence-electron chi connectivity index (χ4n) is 2.61. The van der Waals surface area contributed by atoms with Crippen molar-refractivity contribution in [3.8, 4) is 0 Å². The Labute approximate surface area is 73.3 Å². The summed E-state index contributed by atoms with van der Waals surface area (Å²) in [7, 11) is 0. The van der Waals surface area contributed by atoms with Crippen molar-refractivity contribution in [3.05, 3.63) is 0 Å². The Morgan fingerprint density at radius 2 is 2.17 bits per heavy atom. The van der Waals surface area contributed by atoms with E-state index in [0.29, 0.717) is 5.92 Å². The van der Waals surface area contributed by atoms with Crippen LogP contribution in [0.2, 0.25) is 0 Å². The highest BCUT2D eigenvalue weighted by molar-refractivity contribution is 5.75. The van der Waals surface area contributed by atoms with Crippen LogP contribution in [0.5, 0.6) is 0 Å². The molecule has 2 heteroatoms. The number of hydrogen-bond acceptors (Lipinski definition) is 2. The van der Waals surface area contributed by atoms with Gasteiger partial charge in [-0.3, -0.25) is 4.79 Å². The second-order valence-corrected chi connectivity index (χ2v) is 3.94. The first-order valence-corrected chi connectivity index (χ1v) is 5.03. The number of ether oxygens (including phenoxy) is 1. The molecule has 0 amide bonds. The van der Waals surface area contributed by atoms with Gasteiger partial charge in [0.25, 0.3) is 0 Å². The molecule has 0 N–H and O–H groups in total. The lowest BCUT2D eigenvalue weighted by atomic mass is 9.79. The number of carbonyl (C=O) groups excluding carboxylic acids is 1. The van der Waals surface area contributed by atoms with Gasteiger partial charge in [0.05, 0.1) is 5.92 Å². The lowest BCUT2D eigenvalue weighted by Crippen LogP contribution is -2.24. The number of esters is 1. The SMILES string of the molecule is CCC1C(=O)OC2CCCCC21. The zero-order valence-corrected chi connectivity index (χ0v) is 7.58. The van der Waals surface area contributed by atoms with Crippen molar-refractivity contribution >= 4 is 5.97 Å². The van der Waals surface area contributed by atoms with E-state index in [-0.39, 0.29) is 18.0 Å². The first-order valence-electron chi connectivity index (χ1n) is 5.03. The summed E-state index contributed by atoms with van der Waals surface area (Å²) in [5.74, 6) is 0.834. The normalized spacial score (nSPS) is 40.8. The zero-order valence-electron chi connectivity index (χ0n) is 7.58. The van der Waals surface area contributed by atoms with Crippen LogP contribution in [-0.2, 0) is 9.53 Å². The van der Waals surface area contributed by atoms with Crippen LogP contribution in [0.15, 0.2) is 0 Å². The second kappa shape index (κ2) is 3.08. The van der Waals surface area contributed by atoms with E-state index in [1.807, 2.05) is 0 Å². The van der Waals surface area contributed by atoms with Crippen molar-refractivity contribution in [3.63, 3.8) is 0 Å². The van der Waals surface area contributed by atoms with Gasteiger partial charge in [-0.1, -0.05) is 13.3 Å². The van der Waals surface area contributed by atoms with Crippen molar-refractivity contribution < 1.29 is 9.53 Å². The fraction of sp³-hybridized carbons (Fsp3) is 0.900. The Hall–Kier alpha value is -0.530. The maximum Gasteiger partial charge on any atom is 0.309 e. The molecule has 68 valence electrons. The van der Waals surface area contributed by atoms with E-state index in [1.165, 1.54) is 19.3 Å². The van der Waals surface area contributed by atoms with Crippen LogP contribution < -0.4 is 0 Å². The van der Waals surface area contributed by atoms with E-state index >= 15 is 0 Å². The highest BCUT2D eigenvalue weighted by Gasteiger charge is 2.43. The van der Waals surface area contributed by atoms with E-state index in [4.69, 9.17) is 4.74 Å². The van der Waals surface area contributed by atoms with Crippen molar-refractivity contribution in [2.45, 2.75) is 45.1 Å². The van der Waals surface area contributed by atoms with Crippen molar-refractivity contribution in [1.82, 2.24) is 0 Å². The lowest BCUT2D eigenvalue weighted by molar-refractivity contribution is -0.144. The number of carbonyl (C=O) groups is 1. The molecule has 1 heterocycles. The van der Waals surface area contributed by atoms with Gasteiger partial charge in [0.2, 0.25) is 0 Å². The summed E-state index contributed by atoms with van der Waals surface area (Å²) in [6, 6.07) is 0. The maximum absolute atomic E-state index is 11.3. The molecule has 0 bridgehead atoms. The van der Waals surface area contributed by atoms with Crippen molar-refractivity contribution in [2.24, 2.45) is 11.8 Å². The summed E-state index contributed by atoms with van der Waals surface area (Å²) in [5, 5.41) is 0. The molecule has 1 saturated heterocycles. The topological polar surface area (TPSA) is 26.3 Å². The Morgan fingerprint density at radius 1 is 1.42 bits per heavy atom. The molecule has 12 heavy (non-hydrogen) atoms. The molecule has 1 aliphatic carbocycles. The number of rotatable bonds is 1. The average molecular weight is 168 g/mol. The maximum atomic E-state index is 11.3. The first-order chi connectivity index (χ1) is 5.83. The van der Waals surface area contributed by atoms with Crippen LogP contribution in [0.25, 0.3) is 0 Å². The Bertz CT molecular complexity index is 188. The smallest absolute Gasteiger partial charge is 0.309 e. The fourth-order valence-corrected chi connectivity index (χ4v) is 2.61. The number of hydrogen-bond donors (Lipinski definition) is 0. The third-order valence-corrected chi connectivity index (χ3v) is 3.28. The zero-order chi connectivity index (χ0) is 8.55. The van der Waals surface area contributed by atoms with E-state index < -0.39 is 0 Å². The van der Waals surface area contributed by atoms with E-state index in [9.17, 15) is 4.79 Å². The molecule has 2 aliphatic rings. The molecule has 2 rings (SSSR count). The molecule has 0 spiro atoms. The second-order valence-electron chi connectivity index (χ2n) is 3.94. The third kappa shape index (κ3) is 1.13. The van der Waals surface area contributed by atoms with Gasteiger partial charge in [0.1, 0.15) is 6.10 Å². The summed E-state index contributed by atoms with van der Waals surface area (Å²) >= 11 is 0. The van der Waals surface area contributed by atoms with Crippen LogP contribution in [0.1, 0.15) is 39.0 Å². The van der Waals surface area contributed by atoms with Crippen LogP contribution >= 0.6 is 0 Å². The molecule has 2 nitrogen and oxygen atoms in total. The van der Waals surface area contributed by atoms with E-state index in [0.717, 1.165) is 12.8 Å². The Balaban J connectivity index is 2.10. The van der Waals surface area contributed by atoms with Gasteiger partial charge < -0.3 is 4.74 Å². The molecule has 0 aromatic rings. The molecule has 2 fully saturated rings. The first kappa shape index (κ1) is 8.09. The lowest BCUT2D eigenvalue weighted by Gasteiger charge is -2.24. The molecule has 1 aliphatic heterocycles. The molecule has 1 saturated carbocycles. The summed E-state index contributed by atoms with van der Waals surface area (Å²) in [4.78, 5) is 11.3. The predicted octanol–water partition coefficient (Wildman–Crippen LogP) is 2.13. The van der Waals surface area contributed by atoms with E-state index in [1.54, 1.807) is 0 Å². The third-order valence-electron chi connectivity index (χ3n) is 3.28.